The standard InChI is InChI=1S/C10H14N2O3S.C6H4Cl2/c13-10(14)8-5-12-9(16-8)3-7-4-11-1-2-15-6-7;7-5-3-1-2-4-6(5)8/h5,7,11H,1-4,6H2,(H,13,14);1-4H. The first-order chi connectivity index (χ1) is 11.6. The molecule has 1 aromatic heterocycles. The number of nitrogens with one attached hydrogen (secondary N) is 1. The van der Waals surface area contributed by atoms with Crippen molar-refractivity contribution in [3.8, 4) is 0 Å². The minimum atomic E-state index is -0.904. The number of halogens is 2. The van der Waals surface area contributed by atoms with E-state index in [2.05, 4.69) is 10.3 Å². The quantitative estimate of drug-likeness (QED) is 0.839. The number of benzene rings is 1. The highest BCUT2D eigenvalue weighted by molar-refractivity contribution is 7.13. The van der Waals surface area contributed by atoms with Crippen molar-refractivity contribution in [2.75, 3.05) is 26.3 Å². The van der Waals surface area contributed by atoms with E-state index >= 15 is 0 Å². The molecule has 1 unspecified atom stereocenters. The summed E-state index contributed by atoms with van der Waals surface area (Å²) < 4.78 is 5.43. The molecule has 1 aliphatic heterocycles. The van der Waals surface area contributed by atoms with Gasteiger partial charge in [-0.1, -0.05) is 35.3 Å². The minimum absolute atomic E-state index is 0.303. The number of aromatic nitrogens is 1. The van der Waals surface area contributed by atoms with Gasteiger partial charge in [-0.05, 0) is 12.1 Å². The molecule has 3 rings (SSSR count). The second-order valence-electron chi connectivity index (χ2n) is 5.19. The van der Waals surface area contributed by atoms with Crippen molar-refractivity contribution in [1.82, 2.24) is 10.3 Å². The molecule has 2 aromatic rings. The van der Waals surface area contributed by atoms with Crippen LogP contribution < -0.4 is 5.32 Å². The highest BCUT2D eigenvalue weighted by Gasteiger charge is 2.16. The summed E-state index contributed by atoms with van der Waals surface area (Å²) in [5.41, 5.74) is 0. The molecular formula is C16H18Cl2N2O3S. The Labute approximate surface area is 154 Å². The largest absolute Gasteiger partial charge is 0.477 e. The normalized spacial score (nSPS) is 17.5. The molecule has 1 saturated heterocycles. The molecule has 5 nitrogen and oxygen atoms in total. The number of rotatable bonds is 3. The molecule has 1 fully saturated rings. The van der Waals surface area contributed by atoms with Gasteiger partial charge in [0.15, 0.2) is 0 Å². The molecule has 8 heteroatoms. The summed E-state index contributed by atoms with van der Waals surface area (Å²) in [5.74, 6) is -0.519. The van der Waals surface area contributed by atoms with Crippen molar-refractivity contribution >= 4 is 40.5 Å². The van der Waals surface area contributed by atoms with Crippen LogP contribution in [0.5, 0.6) is 0 Å². The first-order valence-corrected chi connectivity index (χ1v) is 9.00. The van der Waals surface area contributed by atoms with Crippen molar-refractivity contribution in [2.45, 2.75) is 6.42 Å². The molecule has 2 heterocycles. The Balaban J connectivity index is 0.000000219. The number of carboxylic acids is 1. The number of nitrogens with zero attached hydrogens (tertiary/aromatic N) is 1. The van der Waals surface area contributed by atoms with E-state index < -0.39 is 5.97 Å². The molecule has 0 spiro atoms. The number of hydrogen-bond acceptors (Lipinski definition) is 5. The molecule has 1 atom stereocenters. The van der Waals surface area contributed by atoms with Crippen LogP contribution in [0.25, 0.3) is 0 Å². The van der Waals surface area contributed by atoms with Crippen LogP contribution in [-0.2, 0) is 11.2 Å². The fraction of sp³-hybridized carbons (Fsp3) is 0.375. The topological polar surface area (TPSA) is 71.5 Å². The molecular weight excluding hydrogens is 371 g/mol. The zero-order valence-corrected chi connectivity index (χ0v) is 15.2. The van der Waals surface area contributed by atoms with Gasteiger partial charge >= 0.3 is 5.97 Å². The maximum absolute atomic E-state index is 10.7. The highest BCUT2D eigenvalue weighted by Crippen LogP contribution is 2.19. The summed E-state index contributed by atoms with van der Waals surface area (Å²) in [5, 5.41) is 14.1. The molecule has 0 amide bonds. The molecule has 0 aliphatic carbocycles. The minimum Gasteiger partial charge on any atom is -0.477 e. The second-order valence-corrected chi connectivity index (χ2v) is 7.12. The van der Waals surface area contributed by atoms with Gasteiger partial charge in [0.2, 0.25) is 0 Å². The van der Waals surface area contributed by atoms with Crippen molar-refractivity contribution in [1.29, 1.82) is 0 Å². The van der Waals surface area contributed by atoms with Crippen molar-refractivity contribution in [3.05, 3.63) is 50.4 Å². The van der Waals surface area contributed by atoms with Gasteiger partial charge in [0.25, 0.3) is 0 Å². The first-order valence-electron chi connectivity index (χ1n) is 7.42. The number of aromatic carboxylic acids is 1. The fourth-order valence-corrected chi connectivity index (χ4v) is 3.22. The number of carbonyl (C=O) groups is 1. The number of thiazole rings is 1. The van der Waals surface area contributed by atoms with Gasteiger partial charge in [-0.15, -0.1) is 11.3 Å². The van der Waals surface area contributed by atoms with Gasteiger partial charge in [-0.3, -0.25) is 0 Å². The molecule has 1 aromatic carbocycles. The van der Waals surface area contributed by atoms with Gasteiger partial charge in [0, 0.05) is 25.4 Å². The van der Waals surface area contributed by atoms with E-state index in [1.807, 2.05) is 12.1 Å². The maximum Gasteiger partial charge on any atom is 0.347 e. The predicted molar refractivity (Wildman–Crippen MR) is 96.4 cm³/mol. The zero-order chi connectivity index (χ0) is 17.4. The summed E-state index contributed by atoms with van der Waals surface area (Å²) in [6.07, 6.45) is 2.21. The van der Waals surface area contributed by atoms with Crippen LogP contribution in [-0.4, -0.2) is 42.4 Å². The molecule has 0 bridgehead atoms. The molecule has 0 radical (unpaired) electrons. The molecule has 0 saturated carbocycles. The van der Waals surface area contributed by atoms with Gasteiger partial charge in [-0.25, -0.2) is 9.78 Å². The Bertz CT molecular complexity index is 637. The number of ether oxygens (including phenoxy) is 1. The number of carboxylic acid groups (broad SMARTS) is 1. The van der Waals surface area contributed by atoms with Gasteiger partial charge in [-0.2, -0.15) is 0 Å². The van der Waals surface area contributed by atoms with E-state index in [9.17, 15) is 4.79 Å². The van der Waals surface area contributed by atoms with Crippen LogP contribution in [0.1, 0.15) is 14.7 Å². The zero-order valence-electron chi connectivity index (χ0n) is 12.9. The lowest BCUT2D eigenvalue weighted by molar-refractivity contribution is 0.0702. The van der Waals surface area contributed by atoms with E-state index in [0.29, 0.717) is 20.8 Å². The molecule has 130 valence electrons. The second kappa shape index (κ2) is 9.96. The van der Waals surface area contributed by atoms with Gasteiger partial charge in [0.1, 0.15) is 4.88 Å². The SMILES string of the molecule is Clc1ccccc1Cl.O=C(O)c1cnc(CC2CNCCOC2)s1. The van der Waals surface area contributed by atoms with Crippen LogP contribution in [0.3, 0.4) is 0 Å². The molecule has 24 heavy (non-hydrogen) atoms. The van der Waals surface area contributed by atoms with Crippen molar-refractivity contribution < 1.29 is 14.6 Å². The fourth-order valence-electron chi connectivity index (χ4n) is 2.08. The monoisotopic (exact) mass is 388 g/mol. The Kier molecular flexibility index (Phi) is 7.94. The Morgan fingerprint density at radius 3 is 2.67 bits per heavy atom. The predicted octanol–water partition coefficient (Wildman–Crippen LogP) is 3.61. The van der Waals surface area contributed by atoms with E-state index in [-0.39, 0.29) is 0 Å². The van der Waals surface area contributed by atoms with Crippen molar-refractivity contribution in [3.63, 3.8) is 0 Å². The smallest absolute Gasteiger partial charge is 0.347 e. The maximum atomic E-state index is 10.7. The summed E-state index contributed by atoms with van der Waals surface area (Å²) in [4.78, 5) is 15.1. The Morgan fingerprint density at radius 1 is 1.38 bits per heavy atom. The van der Waals surface area contributed by atoms with Crippen LogP contribution in [0.4, 0.5) is 0 Å². The van der Waals surface area contributed by atoms with Crippen LogP contribution in [0.2, 0.25) is 10.0 Å². The highest BCUT2D eigenvalue weighted by atomic mass is 35.5. The summed E-state index contributed by atoms with van der Waals surface area (Å²) in [6.45, 7) is 3.25. The lowest BCUT2D eigenvalue weighted by atomic mass is 10.1. The van der Waals surface area contributed by atoms with E-state index in [4.69, 9.17) is 33.0 Å². The lowest BCUT2D eigenvalue weighted by Crippen LogP contribution is -2.24. The number of hydrogen-bond donors (Lipinski definition) is 2. The van der Waals surface area contributed by atoms with E-state index in [1.165, 1.54) is 17.5 Å². The Hall–Kier alpha value is -1.18. The summed E-state index contributed by atoms with van der Waals surface area (Å²) >= 11 is 12.4. The summed E-state index contributed by atoms with van der Waals surface area (Å²) in [6, 6.07) is 7.19. The van der Waals surface area contributed by atoms with E-state index in [0.717, 1.165) is 37.7 Å². The third-order valence-corrected chi connectivity index (χ3v) is 5.03. The average molecular weight is 389 g/mol. The lowest BCUT2D eigenvalue weighted by Gasteiger charge is -2.10. The molecule has 1 aliphatic rings. The summed E-state index contributed by atoms with van der Waals surface area (Å²) in [7, 11) is 0. The Morgan fingerprint density at radius 2 is 2.08 bits per heavy atom. The van der Waals surface area contributed by atoms with Crippen LogP contribution in [0.15, 0.2) is 30.5 Å². The van der Waals surface area contributed by atoms with Crippen molar-refractivity contribution in [2.24, 2.45) is 5.92 Å². The third-order valence-electron chi connectivity index (χ3n) is 3.26. The van der Waals surface area contributed by atoms with Gasteiger partial charge < -0.3 is 15.2 Å². The first kappa shape index (κ1) is 19.1. The molecule has 2 N–H and O–H groups in total. The van der Waals surface area contributed by atoms with E-state index in [1.54, 1.807) is 12.1 Å². The average Bonchev–Trinajstić information content (AvgIpc) is 2.88. The van der Waals surface area contributed by atoms with Gasteiger partial charge in [0.05, 0.1) is 34.5 Å². The van der Waals surface area contributed by atoms with Crippen LogP contribution in [0, 0.1) is 5.92 Å². The van der Waals surface area contributed by atoms with Crippen LogP contribution >= 0.6 is 34.5 Å². The third kappa shape index (κ3) is 6.37.